The zero-order valence-electron chi connectivity index (χ0n) is 17.6. The molecule has 7 rings (SSSR count). The zero-order chi connectivity index (χ0) is 22.2. The van der Waals surface area contributed by atoms with Crippen LogP contribution in [0, 0.1) is 0 Å². The van der Waals surface area contributed by atoms with Crippen LogP contribution in [0.4, 0.5) is 0 Å². The van der Waals surface area contributed by atoms with E-state index in [9.17, 15) is 0 Å². The highest BCUT2D eigenvalue weighted by Gasteiger charge is 2.52. The molecule has 0 fully saturated rings. The Morgan fingerprint density at radius 1 is 0.424 bits per heavy atom. The van der Waals surface area contributed by atoms with Gasteiger partial charge in [0.05, 0.1) is 5.41 Å². The van der Waals surface area contributed by atoms with E-state index >= 15 is 0 Å². The first-order chi connectivity index (χ1) is 16.2. The van der Waals surface area contributed by atoms with Crippen molar-refractivity contribution in [2.24, 2.45) is 0 Å². The summed E-state index contributed by atoms with van der Waals surface area (Å²) in [5, 5.41) is 1.29. The zero-order valence-corrected chi connectivity index (χ0v) is 19.2. The predicted molar refractivity (Wildman–Crippen MR) is 138 cm³/mol. The molecule has 2 heteroatoms. The van der Waals surface area contributed by atoms with Crippen LogP contribution in [0.3, 0.4) is 0 Å². The smallest absolute Gasteiger partial charge is 0.0731 e. The summed E-state index contributed by atoms with van der Waals surface area (Å²) in [5.74, 6) is 0. The van der Waals surface area contributed by atoms with Gasteiger partial charge in [-0.1, -0.05) is 114 Å². The number of hydrogen-bond acceptors (Lipinski definition) is 0. The van der Waals surface area contributed by atoms with Gasteiger partial charge < -0.3 is 0 Å². The van der Waals surface area contributed by atoms with Crippen LogP contribution < -0.4 is 0 Å². The first kappa shape index (κ1) is 19.2. The van der Waals surface area contributed by atoms with E-state index in [0.717, 1.165) is 5.56 Å². The maximum Gasteiger partial charge on any atom is 0.0731 e. The van der Waals surface area contributed by atoms with Gasteiger partial charge in [-0.05, 0) is 73.8 Å². The molecule has 0 aromatic heterocycles. The number of halogens is 2. The summed E-state index contributed by atoms with van der Waals surface area (Å²) >= 11 is 12.9. The summed E-state index contributed by atoms with van der Waals surface area (Å²) in [4.78, 5) is 0. The minimum Gasteiger partial charge on any atom is -0.0843 e. The Morgan fingerprint density at radius 3 is 1.39 bits per heavy atom. The first-order valence-corrected chi connectivity index (χ1v) is 11.8. The Bertz CT molecular complexity index is 1510. The quantitative estimate of drug-likeness (QED) is 0.229. The molecule has 0 amide bonds. The van der Waals surface area contributed by atoms with Crippen LogP contribution in [0.15, 0.2) is 109 Å². The highest BCUT2D eigenvalue weighted by Crippen LogP contribution is 2.64. The van der Waals surface area contributed by atoms with Gasteiger partial charge in [0.15, 0.2) is 0 Å². The number of rotatable bonds is 1. The third kappa shape index (κ3) is 2.43. The molecule has 0 heterocycles. The van der Waals surface area contributed by atoms with Crippen molar-refractivity contribution in [3.05, 3.63) is 141 Å². The van der Waals surface area contributed by atoms with Crippen LogP contribution in [0.2, 0.25) is 10.0 Å². The predicted octanol–water partition coefficient (Wildman–Crippen LogP) is 9.00. The van der Waals surface area contributed by atoms with Gasteiger partial charge in [0.2, 0.25) is 0 Å². The Morgan fingerprint density at radius 2 is 0.848 bits per heavy atom. The fourth-order valence-corrected chi connectivity index (χ4v) is 6.63. The fourth-order valence-electron chi connectivity index (χ4n) is 6.10. The Kier molecular flexibility index (Phi) is 3.97. The Balaban J connectivity index is 1.70. The van der Waals surface area contributed by atoms with Crippen molar-refractivity contribution in [3.8, 4) is 33.4 Å². The fraction of sp³-hybridized carbons (Fsp3) is 0.0323. The van der Waals surface area contributed by atoms with Crippen molar-refractivity contribution in [2.45, 2.75) is 5.41 Å². The minimum atomic E-state index is -0.384. The van der Waals surface area contributed by atoms with E-state index in [1.165, 1.54) is 50.1 Å². The van der Waals surface area contributed by atoms with Crippen LogP contribution >= 0.6 is 23.2 Å². The molecule has 5 aromatic rings. The van der Waals surface area contributed by atoms with E-state index in [2.05, 4.69) is 91.0 Å². The molecule has 2 aliphatic carbocycles. The van der Waals surface area contributed by atoms with Gasteiger partial charge in [0.1, 0.15) is 0 Å². The highest BCUT2D eigenvalue weighted by atomic mass is 35.5. The van der Waals surface area contributed by atoms with E-state index in [4.69, 9.17) is 23.2 Å². The molecule has 33 heavy (non-hydrogen) atoms. The molecule has 0 radical (unpaired) electrons. The second kappa shape index (κ2) is 6.84. The molecule has 0 bridgehead atoms. The number of fused-ring (bicyclic) bond motifs is 10. The lowest BCUT2D eigenvalue weighted by molar-refractivity contribution is 0.796. The maximum atomic E-state index is 6.47. The van der Waals surface area contributed by atoms with E-state index < -0.39 is 0 Å². The van der Waals surface area contributed by atoms with Crippen molar-refractivity contribution >= 4 is 23.2 Å². The molecular formula is C31H18Cl2. The van der Waals surface area contributed by atoms with Crippen LogP contribution in [0.25, 0.3) is 33.4 Å². The highest BCUT2D eigenvalue weighted by molar-refractivity contribution is 6.35. The minimum absolute atomic E-state index is 0.384. The molecule has 0 saturated heterocycles. The molecule has 0 unspecified atom stereocenters. The van der Waals surface area contributed by atoms with Gasteiger partial charge in [-0.25, -0.2) is 0 Å². The van der Waals surface area contributed by atoms with Crippen LogP contribution in [0.5, 0.6) is 0 Å². The first-order valence-electron chi connectivity index (χ1n) is 11.1. The SMILES string of the molecule is Clc1cc(Cl)cc(-c2cccc3c2C2(c4ccccc4-c4ccccc42)c2ccccc2-3)c1. The second-order valence-electron chi connectivity index (χ2n) is 8.77. The van der Waals surface area contributed by atoms with E-state index in [-0.39, 0.29) is 5.41 Å². The van der Waals surface area contributed by atoms with Gasteiger partial charge in [0, 0.05) is 10.0 Å². The lowest BCUT2D eigenvalue weighted by atomic mass is 9.68. The largest absolute Gasteiger partial charge is 0.0843 e. The Labute approximate surface area is 203 Å². The van der Waals surface area contributed by atoms with Crippen molar-refractivity contribution in [1.82, 2.24) is 0 Å². The molecule has 0 saturated carbocycles. The summed E-state index contributed by atoms with van der Waals surface area (Å²) in [6.45, 7) is 0. The summed E-state index contributed by atoms with van der Waals surface area (Å²) in [6, 6.07) is 39.0. The summed E-state index contributed by atoms with van der Waals surface area (Å²) in [7, 11) is 0. The van der Waals surface area contributed by atoms with E-state index in [1.54, 1.807) is 6.07 Å². The van der Waals surface area contributed by atoms with Gasteiger partial charge >= 0.3 is 0 Å². The van der Waals surface area contributed by atoms with Gasteiger partial charge in [0.25, 0.3) is 0 Å². The third-order valence-electron chi connectivity index (χ3n) is 7.19. The number of benzene rings is 5. The molecule has 0 nitrogen and oxygen atoms in total. The van der Waals surface area contributed by atoms with Crippen LogP contribution in [0.1, 0.15) is 22.3 Å². The maximum absolute atomic E-state index is 6.47. The van der Waals surface area contributed by atoms with Crippen LogP contribution in [-0.2, 0) is 5.41 Å². The van der Waals surface area contributed by atoms with E-state index in [1.807, 2.05) is 12.1 Å². The molecule has 0 atom stereocenters. The second-order valence-corrected chi connectivity index (χ2v) is 9.65. The summed E-state index contributed by atoms with van der Waals surface area (Å²) < 4.78 is 0. The van der Waals surface area contributed by atoms with Crippen molar-refractivity contribution < 1.29 is 0 Å². The lowest BCUT2D eigenvalue weighted by Gasteiger charge is -2.32. The standard InChI is InChI=1S/C31H18Cl2/c32-20-16-19(17-21(33)18-20)22-11-7-12-26-25-10-3-6-15-29(25)31(30(22)26)27-13-4-1-8-23(27)24-9-2-5-14-28(24)31/h1-18H. The van der Waals surface area contributed by atoms with Crippen molar-refractivity contribution in [3.63, 3.8) is 0 Å². The Hall–Kier alpha value is -3.32. The van der Waals surface area contributed by atoms with Crippen molar-refractivity contribution in [2.75, 3.05) is 0 Å². The van der Waals surface area contributed by atoms with Gasteiger partial charge in [-0.3, -0.25) is 0 Å². The average Bonchev–Trinajstić information content (AvgIpc) is 3.31. The van der Waals surface area contributed by atoms with Gasteiger partial charge in [-0.2, -0.15) is 0 Å². The molecule has 2 aliphatic rings. The van der Waals surface area contributed by atoms with E-state index in [0.29, 0.717) is 10.0 Å². The molecule has 0 aliphatic heterocycles. The summed E-state index contributed by atoms with van der Waals surface area (Å²) in [6.07, 6.45) is 0. The van der Waals surface area contributed by atoms with Gasteiger partial charge in [-0.15, -0.1) is 0 Å². The lowest BCUT2D eigenvalue weighted by Crippen LogP contribution is -2.26. The molecule has 1 spiro atoms. The number of hydrogen-bond donors (Lipinski definition) is 0. The molecule has 0 N–H and O–H groups in total. The topological polar surface area (TPSA) is 0 Å². The molecular weight excluding hydrogens is 443 g/mol. The summed E-state index contributed by atoms with van der Waals surface area (Å²) in [5.41, 5.74) is 12.3. The third-order valence-corrected chi connectivity index (χ3v) is 7.62. The molecule has 156 valence electrons. The monoisotopic (exact) mass is 460 g/mol. The van der Waals surface area contributed by atoms with Crippen molar-refractivity contribution in [1.29, 1.82) is 0 Å². The average molecular weight is 461 g/mol. The normalized spacial score (nSPS) is 14.0. The molecule has 5 aromatic carbocycles. The van der Waals surface area contributed by atoms with Crippen LogP contribution in [-0.4, -0.2) is 0 Å².